The van der Waals surface area contributed by atoms with Crippen LogP contribution in [-0.4, -0.2) is 41.0 Å². The summed E-state index contributed by atoms with van der Waals surface area (Å²) in [5.41, 5.74) is 0. The standard InChI is InChI=1S/C12H21ClN4/c1-10(2)17(3)7-5-4-6-14-12-15-8-11(13)9-16-12/h8-10H,4-7H2,1-3H3,(H,14,15,16). The molecule has 0 aliphatic heterocycles. The molecule has 96 valence electrons. The molecule has 0 spiro atoms. The van der Waals surface area contributed by atoms with Crippen LogP contribution in [0.2, 0.25) is 5.02 Å². The van der Waals surface area contributed by atoms with Crippen molar-refractivity contribution < 1.29 is 0 Å². The van der Waals surface area contributed by atoms with Gasteiger partial charge in [-0.1, -0.05) is 11.6 Å². The van der Waals surface area contributed by atoms with Crippen LogP contribution in [0.4, 0.5) is 5.95 Å². The first kappa shape index (κ1) is 14.2. The first-order valence-corrected chi connectivity index (χ1v) is 6.39. The fourth-order valence-electron chi connectivity index (χ4n) is 1.35. The molecule has 0 fully saturated rings. The largest absolute Gasteiger partial charge is 0.354 e. The zero-order valence-electron chi connectivity index (χ0n) is 10.8. The highest BCUT2D eigenvalue weighted by molar-refractivity contribution is 6.30. The number of hydrogen-bond acceptors (Lipinski definition) is 4. The lowest BCUT2D eigenvalue weighted by atomic mass is 10.2. The van der Waals surface area contributed by atoms with Gasteiger partial charge in [0.05, 0.1) is 17.4 Å². The fraction of sp³-hybridized carbons (Fsp3) is 0.667. The third-order valence-electron chi connectivity index (χ3n) is 2.72. The van der Waals surface area contributed by atoms with Gasteiger partial charge in [-0.05, 0) is 40.3 Å². The molecule has 1 heterocycles. The maximum absolute atomic E-state index is 5.70. The van der Waals surface area contributed by atoms with Crippen LogP contribution in [0.15, 0.2) is 12.4 Å². The van der Waals surface area contributed by atoms with Crippen molar-refractivity contribution in [2.24, 2.45) is 0 Å². The SMILES string of the molecule is CC(C)N(C)CCCCNc1ncc(Cl)cn1. The van der Waals surface area contributed by atoms with Gasteiger partial charge >= 0.3 is 0 Å². The Hall–Kier alpha value is -0.870. The number of rotatable bonds is 7. The molecule has 0 aliphatic carbocycles. The molecular weight excluding hydrogens is 236 g/mol. The zero-order valence-corrected chi connectivity index (χ0v) is 11.5. The van der Waals surface area contributed by atoms with Crippen molar-refractivity contribution in [1.82, 2.24) is 14.9 Å². The summed E-state index contributed by atoms with van der Waals surface area (Å²) in [6.45, 7) is 6.44. The topological polar surface area (TPSA) is 41.0 Å². The van der Waals surface area contributed by atoms with Crippen molar-refractivity contribution in [3.63, 3.8) is 0 Å². The van der Waals surface area contributed by atoms with Gasteiger partial charge in [0.15, 0.2) is 0 Å². The summed E-state index contributed by atoms with van der Waals surface area (Å²) in [4.78, 5) is 10.5. The first-order chi connectivity index (χ1) is 8.09. The van der Waals surface area contributed by atoms with E-state index in [0.717, 1.165) is 19.5 Å². The van der Waals surface area contributed by atoms with E-state index in [1.54, 1.807) is 12.4 Å². The van der Waals surface area contributed by atoms with E-state index in [9.17, 15) is 0 Å². The summed E-state index contributed by atoms with van der Waals surface area (Å²) in [6, 6.07) is 0.613. The fourth-order valence-corrected chi connectivity index (χ4v) is 1.45. The number of halogens is 1. The maximum atomic E-state index is 5.70. The van der Waals surface area contributed by atoms with Gasteiger partial charge in [-0.2, -0.15) is 0 Å². The molecule has 0 amide bonds. The van der Waals surface area contributed by atoms with Crippen molar-refractivity contribution in [2.75, 3.05) is 25.5 Å². The molecule has 1 aromatic rings. The lowest BCUT2D eigenvalue weighted by Gasteiger charge is -2.20. The monoisotopic (exact) mass is 256 g/mol. The summed E-state index contributed by atoms with van der Waals surface area (Å²) in [6.07, 6.45) is 5.49. The van der Waals surface area contributed by atoms with Crippen LogP contribution >= 0.6 is 11.6 Å². The predicted molar refractivity (Wildman–Crippen MR) is 72.5 cm³/mol. The molecule has 0 radical (unpaired) electrons. The second-order valence-electron chi connectivity index (χ2n) is 4.43. The molecule has 1 rings (SSSR count). The molecular formula is C12H21ClN4. The molecule has 0 unspecified atom stereocenters. The van der Waals surface area contributed by atoms with Crippen LogP contribution in [0.25, 0.3) is 0 Å². The lowest BCUT2D eigenvalue weighted by Crippen LogP contribution is -2.27. The molecule has 5 heteroatoms. The summed E-state index contributed by atoms with van der Waals surface area (Å²) >= 11 is 5.70. The van der Waals surface area contributed by atoms with E-state index in [1.807, 2.05) is 0 Å². The second kappa shape index (κ2) is 7.45. The maximum Gasteiger partial charge on any atom is 0.222 e. The Morgan fingerprint density at radius 3 is 2.53 bits per heavy atom. The van der Waals surface area contributed by atoms with Gasteiger partial charge in [-0.15, -0.1) is 0 Å². The van der Waals surface area contributed by atoms with E-state index in [-0.39, 0.29) is 0 Å². The molecule has 17 heavy (non-hydrogen) atoms. The highest BCUT2D eigenvalue weighted by Crippen LogP contribution is 2.05. The molecule has 0 aromatic carbocycles. The minimum Gasteiger partial charge on any atom is -0.354 e. The van der Waals surface area contributed by atoms with Crippen LogP contribution in [-0.2, 0) is 0 Å². The average Bonchev–Trinajstić information content (AvgIpc) is 2.30. The van der Waals surface area contributed by atoms with Crippen LogP contribution in [0.5, 0.6) is 0 Å². The van der Waals surface area contributed by atoms with Crippen molar-refractivity contribution in [3.05, 3.63) is 17.4 Å². The third kappa shape index (κ3) is 5.84. The Balaban J connectivity index is 2.10. The van der Waals surface area contributed by atoms with E-state index in [2.05, 4.69) is 41.1 Å². The average molecular weight is 257 g/mol. The molecule has 0 saturated carbocycles. The van der Waals surface area contributed by atoms with Gasteiger partial charge in [-0.3, -0.25) is 0 Å². The Kier molecular flexibility index (Phi) is 6.22. The highest BCUT2D eigenvalue weighted by atomic mass is 35.5. The molecule has 0 aliphatic rings. The van der Waals surface area contributed by atoms with Crippen LogP contribution in [0.1, 0.15) is 26.7 Å². The highest BCUT2D eigenvalue weighted by Gasteiger charge is 2.01. The minimum absolute atomic E-state index is 0.564. The summed E-state index contributed by atoms with van der Waals surface area (Å²) in [5.74, 6) is 0.645. The number of anilines is 1. The zero-order chi connectivity index (χ0) is 12.7. The van der Waals surface area contributed by atoms with Gasteiger partial charge in [0, 0.05) is 12.6 Å². The molecule has 1 N–H and O–H groups in total. The number of unbranched alkanes of at least 4 members (excludes halogenated alkanes) is 1. The van der Waals surface area contributed by atoms with E-state index < -0.39 is 0 Å². The van der Waals surface area contributed by atoms with E-state index >= 15 is 0 Å². The summed E-state index contributed by atoms with van der Waals surface area (Å²) < 4.78 is 0. The van der Waals surface area contributed by atoms with Crippen molar-refractivity contribution in [3.8, 4) is 0 Å². The van der Waals surface area contributed by atoms with Crippen molar-refractivity contribution in [2.45, 2.75) is 32.7 Å². The van der Waals surface area contributed by atoms with Crippen LogP contribution < -0.4 is 5.32 Å². The van der Waals surface area contributed by atoms with E-state index in [0.29, 0.717) is 17.0 Å². The number of hydrogen-bond donors (Lipinski definition) is 1. The summed E-state index contributed by atoms with van der Waals surface area (Å²) in [5, 5.41) is 3.74. The van der Waals surface area contributed by atoms with Crippen molar-refractivity contribution >= 4 is 17.5 Å². The Morgan fingerprint density at radius 2 is 1.94 bits per heavy atom. The minimum atomic E-state index is 0.564. The lowest BCUT2D eigenvalue weighted by molar-refractivity contribution is 0.269. The number of nitrogens with zero attached hydrogens (tertiary/aromatic N) is 3. The Morgan fingerprint density at radius 1 is 1.29 bits per heavy atom. The van der Waals surface area contributed by atoms with E-state index in [4.69, 9.17) is 11.6 Å². The van der Waals surface area contributed by atoms with Crippen LogP contribution in [0, 0.1) is 0 Å². The van der Waals surface area contributed by atoms with Gasteiger partial charge in [0.2, 0.25) is 5.95 Å². The molecule has 0 bridgehead atoms. The number of aromatic nitrogens is 2. The molecule has 1 aromatic heterocycles. The van der Waals surface area contributed by atoms with Crippen molar-refractivity contribution in [1.29, 1.82) is 0 Å². The Bertz CT molecular complexity index is 313. The molecule has 4 nitrogen and oxygen atoms in total. The van der Waals surface area contributed by atoms with Gasteiger partial charge in [-0.25, -0.2) is 9.97 Å². The third-order valence-corrected chi connectivity index (χ3v) is 2.92. The summed E-state index contributed by atoms with van der Waals surface area (Å²) in [7, 11) is 2.15. The number of nitrogens with one attached hydrogen (secondary N) is 1. The first-order valence-electron chi connectivity index (χ1n) is 6.01. The van der Waals surface area contributed by atoms with Gasteiger partial charge in [0.25, 0.3) is 0 Å². The molecule has 0 atom stereocenters. The quantitative estimate of drug-likeness (QED) is 0.762. The van der Waals surface area contributed by atoms with Gasteiger partial charge < -0.3 is 10.2 Å². The second-order valence-corrected chi connectivity index (χ2v) is 4.87. The molecule has 0 saturated heterocycles. The normalized spacial score (nSPS) is 11.2. The predicted octanol–water partition coefficient (Wildman–Crippen LogP) is 2.66. The van der Waals surface area contributed by atoms with Crippen LogP contribution in [0.3, 0.4) is 0 Å². The van der Waals surface area contributed by atoms with Gasteiger partial charge in [0.1, 0.15) is 0 Å². The smallest absolute Gasteiger partial charge is 0.222 e. The van der Waals surface area contributed by atoms with E-state index in [1.165, 1.54) is 6.42 Å². The Labute approximate surface area is 108 Å².